The van der Waals surface area contributed by atoms with E-state index < -0.39 is 76.1 Å². The second-order valence-electron chi connectivity index (χ2n) is 11.0. The molecule has 2 heterocycles. The molecule has 1 saturated heterocycles. The second kappa shape index (κ2) is 14.4. The number of ether oxygens (including phenoxy) is 2. The van der Waals surface area contributed by atoms with Gasteiger partial charge in [0.1, 0.15) is 24.0 Å². The number of esters is 1. The van der Waals surface area contributed by atoms with Gasteiger partial charge in [0.05, 0.1) is 12.7 Å². The van der Waals surface area contributed by atoms with Crippen molar-refractivity contribution in [3.8, 4) is 5.75 Å². The van der Waals surface area contributed by atoms with Gasteiger partial charge in [0, 0.05) is 12.3 Å². The third-order valence-corrected chi connectivity index (χ3v) is 13.8. The van der Waals surface area contributed by atoms with E-state index in [1.54, 1.807) is 44.2 Å². The highest BCUT2D eigenvalue weighted by Gasteiger charge is 2.59. The summed E-state index contributed by atoms with van der Waals surface area (Å²) in [6, 6.07) is 10.3. The molecule has 0 spiro atoms. The smallest absolute Gasteiger partial charge is 0.459 e. The number of halogens is 1. The number of carbonyl (C=O) groups excluding carboxylic acids is 1. The van der Waals surface area contributed by atoms with Crippen LogP contribution in [0.15, 0.2) is 52.2 Å². The lowest BCUT2D eigenvalue weighted by Crippen LogP contribution is -2.51. The topological polar surface area (TPSA) is 147 Å². The normalized spacial score (nSPS) is 24.4. The fraction of sp³-hybridized carbons (Fsp3) is 0.607. The summed E-state index contributed by atoms with van der Waals surface area (Å²) in [6.45, 7) is 11.6. The highest BCUT2D eigenvalue weighted by Crippen LogP contribution is 2.49. The van der Waals surface area contributed by atoms with Crippen LogP contribution >= 0.6 is 7.75 Å². The number of rotatable bonds is 15. The van der Waals surface area contributed by atoms with E-state index in [4.69, 9.17) is 22.9 Å². The minimum atomic E-state index is -4.31. The van der Waals surface area contributed by atoms with Crippen LogP contribution < -0.4 is 20.9 Å². The predicted octanol–water partition coefficient (Wildman–Crippen LogP) is 4.69. The fourth-order valence-electron chi connectivity index (χ4n) is 4.92. The summed E-state index contributed by atoms with van der Waals surface area (Å²) in [7, 11) is -6.77. The molecule has 1 fully saturated rings. The zero-order valence-corrected chi connectivity index (χ0v) is 27.6. The lowest BCUT2D eigenvalue weighted by molar-refractivity contribution is -0.149. The van der Waals surface area contributed by atoms with E-state index in [0.717, 1.165) is 16.8 Å². The summed E-state index contributed by atoms with van der Waals surface area (Å²) in [5, 5.41) is 2.61. The van der Waals surface area contributed by atoms with Gasteiger partial charge in [0.25, 0.3) is 5.56 Å². The van der Waals surface area contributed by atoms with Crippen molar-refractivity contribution in [3.63, 3.8) is 0 Å². The van der Waals surface area contributed by atoms with Crippen LogP contribution in [-0.4, -0.2) is 60.5 Å². The van der Waals surface area contributed by atoms with E-state index in [2.05, 4.69) is 10.1 Å². The minimum absolute atomic E-state index is 0.199. The molecule has 0 amide bonds. The molecule has 15 heteroatoms. The van der Waals surface area contributed by atoms with Gasteiger partial charge in [0.2, 0.25) is 0 Å². The van der Waals surface area contributed by atoms with Crippen molar-refractivity contribution >= 4 is 22.0 Å². The maximum atomic E-state index is 16.8. The molecular weight excluding hydrogens is 600 g/mol. The van der Waals surface area contributed by atoms with Crippen molar-refractivity contribution < 1.29 is 36.7 Å². The fourth-order valence-corrected chi connectivity index (χ4v) is 9.34. The number of alkyl halides is 1. The van der Waals surface area contributed by atoms with Gasteiger partial charge >= 0.3 is 19.4 Å². The summed E-state index contributed by atoms with van der Waals surface area (Å²) in [6.07, 6.45) is -3.12. The van der Waals surface area contributed by atoms with Crippen molar-refractivity contribution in [2.45, 2.75) is 103 Å². The maximum Gasteiger partial charge on any atom is 0.459 e. The van der Waals surface area contributed by atoms with E-state index in [9.17, 15) is 18.9 Å². The average molecular weight is 644 g/mol. The molecule has 240 valence electrons. The Kier molecular flexibility index (Phi) is 11.7. The maximum absolute atomic E-state index is 16.8. The molecule has 1 aliphatic heterocycles. The summed E-state index contributed by atoms with van der Waals surface area (Å²) in [5.74, 6) is -0.474. The monoisotopic (exact) mass is 643 g/mol. The lowest BCUT2D eigenvalue weighted by atomic mass is 9.98. The second-order valence-corrected chi connectivity index (χ2v) is 17.4. The van der Waals surface area contributed by atoms with Gasteiger partial charge in [-0.1, -0.05) is 39.0 Å². The highest BCUT2D eigenvalue weighted by molar-refractivity contribution is 7.52. The Morgan fingerprint density at radius 1 is 1.14 bits per heavy atom. The number of aromatic amines is 1. The first-order valence-electron chi connectivity index (χ1n) is 14.5. The number of nitrogens with one attached hydrogen (secondary N) is 2. The number of hydrogen-bond donors (Lipinski definition) is 2. The number of aromatic nitrogens is 2. The molecule has 1 aromatic carbocycles. The van der Waals surface area contributed by atoms with Crippen LogP contribution in [0.25, 0.3) is 0 Å². The molecular formula is C28H43FN3O9PSi. The zero-order valence-electron chi connectivity index (χ0n) is 25.7. The SMILES string of the molecule is CC[Si](CC)(CC)O[C@@H]1[C@@H](COP(=O)(N[C@@H](C)C(=O)OC(C)C)Oc2ccccc2)O[C@@H](n2ccc(=O)[nH]c2=O)[C@]1(C)F. The van der Waals surface area contributed by atoms with Crippen molar-refractivity contribution in [2.24, 2.45) is 0 Å². The average Bonchev–Trinajstić information content (AvgIpc) is 3.19. The van der Waals surface area contributed by atoms with Crippen molar-refractivity contribution in [3.05, 3.63) is 63.4 Å². The molecule has 1 aliphatic rings. The standard InChI is InChI=1S/C28H43FN3O9PSi/c1-8-43(9-2,10-3)41-24-22(39-26(28(24,7)29)32-17-16-23(33)30-27(32)35)18-37-42(36,40-21-14-12-11-13-15-21)31-20(6)25(34)38-19(4)5/h11-17,19-20,22,24,26H,8-10,18H2,1-7H3,(H,31,36)(H,30,33,35)/t20-,22+,24+,26+,28+,42?/m0/s1. The Balaban J connectivity index is 1.97. The van der Waals surface area contributed by atoms with Crippen LogP contribution in [0.1, 0.15) is 54.7 Å². The molecule has 0 aliphatic carbocycles. The number of nitrogens with zero attached hydrogens (tertiary/aromatic N) is 1. The van der Waals surface area contributed by atoms with Crippen molar-refractivity contribution in [1.82, 2.24) is 14.6 Å². The van der Waals surface area contributed by atoms with E-state index in [0.29, 0.717) is 18.1 Å². The van der Waals surface area contributed by atoms with E-state index in [-0.39, 0.29) is 5.75 Å². The molecule has 12 nitrogen and oxygen atoms in total. The Morgan fingerprint density at radius 2 is 1.77 bits per heavy atom. The van der Waals surface area contributed by atoms with E-state index in [1.165, 1.54) is 13.8 Å². The van der Waals surface area contributed by atoms with Crippen LogP contribution in [-0.2, 0) is 27.8 Å². The zero-order chi connectivity index (χ0) is 32.0. The Morgan fingerprint density at radius 3 is 2.33 bits per heavy atom. The number of H-pyrrole nitrogens is 1. The molecule has 0 saturated carbocycles. The van der Waals surface area contributed by atoms with Crippen LogP contribution in [0.5, 0.6) is 5.75 Å². The minimum Gasteiger partial charge on any atom is -0.462 e. The quantitative estimate of drug-likeness (QED) is 0.159. The van der Waals surface area contributed by atoms with Crippen LogP contribution in [0.3, 0.4) is 0 Å². The Bertz CT molecular complexity index is 1380. The van der Waals surface area contributed by atoms with Gasteiger partial charge in [-0.2, -0.15) is 5.09 Å². The first-order valence-corrected chi connectivity index (χ1v) is 18.6. The first-order chi connectivity index (χ1) is 20.2. The summed E-state index contributed by atoms with van der Waals surface area (Å²) in [4.78, 5) is 39.0. The number of para-hydroxylation sites is 1. The molecule has 43 heavy (non-hydrogen) atoms. The molecule has 3 rings (SSSR count). The summed E-state index contributed by atoms with van der Waals surface area (Å²) in [5.41, 5.74) is -3.76. The van der Waals surface area contributed by atoms with Gasteiger partial charge in [-0.25, -0.2) is 13.8 Å². The largest absolute Gasteiger partial charge is 0.462 e. The molecule has 1 unspecified atom stereocenters. The van der Waals surface area contributed by atoms with E-state index in [1.807, 2.05) is 20.8 Å². The third kappa shape index (κ3) is 8.52. The predicted molar refractivity (Wildman–Crippen MR) is 161 cm³/mol. The van der Waals surface area contributed by atoms with Crippen LogP contribution in [0.4, 0.5) is 4.39 Å². The third-order valence-electron chi connectivity index (χ3n) is 7.53. The summed E-state index contributed by atoms with van der Waals surface area (Å²) >= 11 is 0. The number of benzene rings is 1. The molecule has 2 N–H and O–H groups in total. The highest BCUT2D eigenvalue weighted by atomic mass is 31.2. The van der Waals surface area contributed by atoms with Crippen LogP contribution in [0, 0.1) is 0 Å². The van der Waals surface area contributed by atoms with Gasteiger partial charge < -0.3 is 18.4 Å². The van der Waals surface area contributed by atoms with Crippen molar-refractivity contribution in [2.75, 3.05) is 6.61 Å². The summed E-state index contributed by atoms with van der Waals surface area (Å²) < 4.78 is 61.2. The van der Waals surface area contributed by atoms with Gasteiger partial charge in [-0.3, -0.25) is 23.7 Å². The molecule has 2 aromatic rings. The molecule has 6 atom stereocenters. The van der Waals surface area contributed by atoms with Crippen LogP contribution in [0.2, 0.25) is 18.1 Å². The Hall–Kier alpha value is -2.61. The molecule has 1 aromatic heterocycles. The lowest BCUT2D eigenvalue weighted by Gasteiger charge is -2.37. The number of hydrogen-bond acceptors (Lipinski definition) is 9. The van der Waals surface area contributed by atoms with Gasteiger partial charge in [-0.05, 0) is 58.0 Å². The Labute approximate surface area is 251 Å². The van der Waals surface area contributed by atoms with E-state index >= 15 is 4.39 Å². The van der Waals surface area contributed by atoms with Gasteiger partial charge in [-0.15, -0.1) is 0 Å². The first kappa shape index (κ1) is 34.9. The molecule has 0 bridgehead atoms. The molecule has 0 radical (unpaired) electrons. The van der Waals surface area contributed by atoms with Crippen molar-refractivity contribution in [1.29, 1.82) is 0 Å². The van der Waals surface area contributed by atoms with Gasteiger partial charge in [0.15, 0.2) is 20.2 Å². The number of carbonyl (C=O) groups is 1.